The van der Waals surface area contributed by atoms with Crippen LogP contribution in [0.15, 0.2) is 47.4 Å². The summed E-state index contributed by atoms with van der Waals surface area (Å²) in [6.45, 7) is 6.81. The number of ether oxygens (including phenoxy) is 1. The van der Waals surface area contributed by atoms with Crippen molar-refractivity contribution >= 4 is 11.8 Å². The maximum absolute atomic E-state index is 10.3. The van der Waals surface area contributed by atoms with Crippen LogP contribution in [0.1, 0.15) is 101 Å². The van der Waals surface area contributed by atoms with E-state index in [1.807, 2.05) is 11.8 Å². The van der Waals surface area contributed by atoms with Gasteiger partial charge in [-0.15, -0.1) is 0 Å². The van der Waals surface area contributed by atoms with E-state index in [0.29, 0.717) is 12.1 Å². The average molecular weight is 482 g/mol. The van der Waals surface area contributed by atoms with Crippen molar-refractivity contribution in [1.29, 1.82) is 0 Å². The van der Waals surface area contributed by atoms with E-state index in [1.165, 1.54) is 53.7 Å². The molecular weight excluding hydrogens is 438 g/mol. The summed E-state index contributed by atoms with van der Waals surface area (Å²) in [7, 11) is 0. The third kappa shape index (κ3) is 5.83. The molecule has 2 heterocycles. The number of rotatable bonds is 12. The van der Waals surface area contributed by atoms with Crippen molar-refractivity contribution < 1.29 is 9.84 Å². The molecular formula is C30H43NO2S. The number of likely N-dealkylation sites (tertiary alicyclic amines) is 1. The lowest BCUT2D eigenvalue weighted by Crippen LogP contribution is -2.32. The molecule has 0 amide bonds. The van der Waals surface area contributed by atoms with Crippen LogP contribution in [0.25, 0.3) is 0 Å². The van der Waals surface area contributed by atoms with Crippen molar-refractivity contribution in [2.24, 2.45) is 0 Å². The van der Waals surface area contributed by atoms with Gasteiger partial charge in [-0.05, 0) is 80.2 Å². The highest BCUT2D eigenvalue weighted by Crippen LogP contribution is 2.52. The molecule has 0 bridgehead atoms. The van der Waals surface area contributed by atoms with E-state index in [2.05, 4.69) is 68.1 Å². The highest BCUT2D eigenvalue weighted by Gasteiger charge is 2.39. The van der Waals surface area contributed by atoms with Gasteiger partial charge in [-0.2, -0.15) is 0 Å². The van der Waals surface area contributed by atoms with Crippen molar-refractivity contribution in [2.75, 3.05) is 6.73 Å². The number of fused-ring (bicyclic) bond motifs is 1. The second kappa shape index (κ2) is 12.0. The summed E-state index contributed by atoms with van der Waals surface area (Å²) in [5.41, 5.74) is 4.20. The van der Waals surface area contributed by atoms with E-state index >= 15 is 0 Å². The summed E-state index contributed by atoms with van der Waals surface area (Å²) < 4.78 is 6.31. The minimum atomic E-state index is -0.110. The minimum Gasteiger partial charge on any atom is -0.475 e. The zero-order chi connectivity index (χ0) is 24.0. The van der Waals surface area contributed by atoms with Crippen LogP contribution in [0.2, 0.25) is 0 Å². The quantitative estimate of drug-likeness (QED) is 0.312. The molecule has 2 aliphatic heterocycles. The van der Waals surface area contributed by atoms with Gasteiger partial charge in [-0.3, -0.25) is 4.90 Å². The molecule has 1 saturated heterocycles. The molecule has 2 aliphatic rings. The number of hydrogen-bond donors (Lipinski definition) is 1. The Morgan fingerprint density at radius 3 is 2.35 bits per heavy atom. The van der Waals surface area contributed by atoms with Crippen LogP contribution in [0, 0.1) is 0 Å². The average Bonchev–Trinajstić information content (AvgIpc) is 3.46. The second-order valence-corrected chi connectivity index (χ2v) is 11.5. The number of aliphatic hydroxyl groups is 1. The molecule has 186 valence electrons. The number of nitrogens with zero attached hydrogens (tertiary/aromatic N) is 1. The van der Waals surface area contributed by atoms with Gasteiger partial charge < -0.3 is 9.84 Å². The van der Waals surface area contributed by atoms with E-state index in [9.17, 15) is 5.11 Å². The van der Waals surface area contributed by atoms with Gasteiger partial charge in [0.05, 0.1) is 11.6 Å². The van der Waals surface area contributed by atoms with Gasteiger partial charge in [0.25, 0.3) is 0 Å². The van der Waals surface area contributed by atoms with Gasteiger partial charge in [-0.1, -0.05) is 82.1 Å². The molecule has 0 aromatic heterocycles. The molecule has 0 aliphatic carbocycles. The number of thioether (sulfide) groups is 1. The van der Waals surface area contributed by atoms with Crippen molar-refractivity contribution in [3.05, 3.63) is 59.2 Å². The number of aryl methyl sites for hydroxylation is 2. The topological polar surface area (TPSA) is 32.7 Å². The van der Waals surface area contributed by atoms with Crippen LogP contribution < -0.4 is 4.74 Å². The summed E-state index contributed by atoms with van der Waals surface area (Å²) in [5, 5.41) is 10.3. The Kier molecular flexibility index (Phi) is 9.01. The molecule has 34 heavy (non-hydrogen) atoms. The SMILES string of the molecule is CCCCCCc1ccc(CCC2CCC(c3ccc4c(c3)SC(CC)(CC)O4)N2CO)cc1. The van der Waals surface area contributed by atoms with Crippen molar-refractivity contribution in [1.82, 2.24) is 4.90 Å². The smallest absolute Gasteiger partial charge is 0.158 e. The summed E-state index contributed by atoms with van der Waals surface area (Å²) in [5.74, 6) is 1.02. The van der Waals surface area contributed by atoms with Crippen LogP contribution in [-0.4, -0.2) is 27.7 Å². The van der Waals surface area contributed by atoms with E-state index in [1.54, 1.807) is 0 Å². The molecule has 0 radical (unpaired) electrons. The molecule has 1 N–H and O–H groups in total. The summed E-state index contributed by atoms with van der Waals surface area (Å²) in [6, 6.07) is 16.7. The molecule has 2 atom stereocenters. The number of unbranched alkanes of at least 4 members (excludes halogenated alkanes) is 3. The Morgan fingerprint density at radius 1 is 0.941 bits per heavy atom. The second-order valence-electron chi connectivity index (χ2n) is 10.1. The van der Waals surface area contributed by atoms with E-state index < -0.39 is 0 Å². The molecule has 4 heteroatoms. The van der Waals surface area contributed by atoms with Crippen LogP contribution in [0.5, 0.6) is 5.75 Å². The number of hydrogen-bond acceptors (Lipinski definition) is 4. The fourth-order valence-electron chi connectivity index (χ4n) is 5.64. The molecule has 1 fully saturated rings. The first-order valence-corrected chi connectivity index (χ1v) is 14.4. The number of aliphatic hydroxyl groups excluding tert-OH is 1. The van der Waals surface area contributed by atoms with Gasteiger partial charge in [-0.25, -0.2) is 0 Å². The Balaban J connectivity index is 1.33. The van der Waals surface area contributed by atoms with Crippen LogP contribution in [-0.2, 0) is 12.8 Å². The maximum Gasteiger partial charge on any atom is 0.158 e. The van der Waals surface area contributed by atoms with E-state index in [0.717, 1.165) is 44.3 Å². The van der Waals surface area contributed by atoms with Gasteiger partial charge in [0.15, 0.2) is 4.93 Å². The Labute approximate surface area is 211 Å². The third-order valence-electron chi connectivity index (χ3n) is 7.94. The fourth-order valence-corrected chi connectivity index (χ4v) is 6.86. The summed E-state index contributed by atoms with van der Waals surface area (Å²) in [6.07, 6.45) is 12.9. The highest BCUT2D eigenvalue weighted by atomic mass is 32.2. The zero-order valence-electron chi connectivity index (χ0n) is 21.4. The predicted molar refractivity (Wildman–Crippen MR) is 144 cm³/mol. The molecule has 0 saturated carbocycles. The first kappa shape index (κ1) is 25.6. The van der Waals surface area contributed by atoms with E-state index in [4.69, 9.17) is 4.74 Å². The molecule has 0 spiro atoms. The lowest BCUT2D eigenvalue weighted by Gasteiger charge is -2.28. The lowest BCUT2D eigenvalue weighted by molar-refractivity contribution is 0.0596. The van der Waals surface area contributed by atoms with Crippen molar-refractivity contribution in [2.45, 2.75) is 113 Å². The predicted octanol–water partition coefficient (Wildman–Crippen LogP) is 7.90. The lowest BCUT2D eigenvalue weighted by atomic mass is 10.0. The molecule has 2 aromatic rings. The highest BCUT2D eigenvalue weighted by molar-refractivity contribution is 8.00. The molecule has 4 rings (SSSR count). The van der Waals surface area contributed by atoms with Crippen LogP contribution in [0.4, 0.5) is 0 Å². The van der Waals surface area contributed by atoms with Crippen LogP contribution in [0.3, 0.4) is 0 Å². The Bertz CT molecular complexity index is 909. The number of benzene rings is 2. The van der Waals surface area contributed by atoms with Gasteiger partial charge >= 0.3 is 0 Å². The van der Waals surface area contributed by atoms with Crippen molar-refractivity contribution in [3.63, 3.8) is 0 Å². The van der Waals surface area contributed by atoms with E-state index in [-0.39, 0.29) is 11.7 Å². The van der Waals surface area contributed by atoms with Gasteiger partial charge in [0.2, 0.25) is 0 Å². The normalized spacial score (nSPS) is 21.5. The van der Waals surface area contributed by atoms with Gasteiger partial charge in [0, 0.05) is 12.1 Å². The summed E-state index contributed by atoms with van der Waals surface area (Å²) >= 11 is 1.88. The monoisotopic (exact) mass is 481 g/mol. The minimum absolute atomic E-state index is 0.110. The Hall–Kier alpha value is -1.49. The largest absolute Gasteiger partial charge is 0.475 e. The third-order valence-corrected chi connectivity index (χ3v) is 9.51. The van der Waals surface area contributed by atoms with Gasteiger partial charge in [0.1, 0.15) is 5.75 Å². The maximum atomic E-state index is 10.3. The fraction of sp³-hybridized carbons (Fsp3) is 0.600. The van der Waals surface area contributed by atoms with Crippen molar-refractivity contribution in [3.8, 4) is 5.75 Å². The molecule has 2 aromatic carbocycles. The zero-order valence-corrected chi connectivity index (χ0v) is 22.2. The molecule has 3 nitrogen and oxygen atoms in total. The standard InChI is InChI=1S/C30H43NO2S/c1-4-7-8-9-10-23-11-13-24(14-12-23)15-17-26-18-19-27(31(26)22-32)25-16-20-28-29(21-25)34-30(5-2,6-3)33-28/h11-14,16,20-21,26-27,32H,4-10,15,17-19,22H2,1-3H3. The summed E-state index contributed by atoms with van der Waals surface area (Å²) in [4.78, 5) is 3.47. The van der Waals surface area contributed by atoms with Crippen LogP contribution >= 0.6 is 11.8 Å². The first-order chi connectivity index (χ1) is 16.6. The Morgan fingerprint density at radius 2 is 1.68 bits per heavy atom. The first-order valence-electron chi connectivity index (χ1n) is 13.6. The molecule has 2 unspecified atom stereocenters.